The number of likely N-dealkylation sites (N-methyl/N-ethyl adjacent to an activating group) is 1. The van der Waals surface area contributed by atoms with Crippen LogP contribution in [0.15, 0.2) is 48.9 Å². The van der Waals surface area contributed by atoms with Crippen LogP contribution in [-0.4, -0.2) is 57.3 Å². The fourth-order valence-electron chi connectivity index (χ4n) is 4.11. The van der Waals surface area contributed by atoms with E-state index >= 15 is 0 Å². The van der Waals surface area contributed by atoms with E-state index in [1.807, 2.05) is 35.1 Å². The second kappa shape index (κ2) is 10.9. The van der Waals surface area contributed by atoms with Crippen LogP contribution >= 0.6 is 11.3 Å². The molecule has 0 saturated heterocycles. The molecule has 1 fully saturated rings. The highest BCUT2D eigenvalue weighted by atomic mass is 32.1. The lowest BCUT2D eigenvalue weighted by Crippen LogP contribution is -2.26. The van der Waals surface area contributed by atoms with Gasteiger partial charge in [0.15, 0.2) is 11.6 Å². The first-order valence-electron chi connectivity index (χ1n) is 12.2. The van der Waals surface area contributed by atoms with Crippen LogP contribution in [0, 0.1) is 11.7 Å². The fraction of sp³-hybridized carbons (Fsp3) is 0.370. The van der Waals surface area contributed by atoms with Crippen molar-refractivity contribution in [2.75, 3.05) is 26.7 Å². The molecule has 188 valence electrons. The van der Waals surface area contributed by atoms with Crippen LogP contribution in [0.3, 0.4) is 0 Å². The third-order valence-electron chi connectivity index (χ3n) is 6.32. The Kier molecular flexibility index (Phi) is 7.41. The number of thiophene rings is 1. The standard InChI is InChI=1S/C27H29FN4O3S/c1-31(10-11-33)8-9-32-17-20(16-30-32)26-15-23-27(36-26)25(6-7-29-23)35-24-5-4-19(14-22(24)28)13-21(34)12-18-2-3-18/h4-7,14-18,33H,2-3,8-13H2,1H3. The van der Waals surface area contributed by atoms with Gasteiger partial charge in [0.05, 0.1) is 29.6 Å². The van der Waals surface area contributed by atoms with Crippen molar-refractivity contribution in [1.82, 2.24) is 19.7 Å². The van der Waals surface area contributed by atoms with Crippen molar-refractivity contribution >= 4 is 27.3 Å². The molecule has 1 saturated carbocycles. The summed E-state index contributed by atoms with van der Waals surface area (Å²) >= 11 is 1.52. The van der Waals surface area contributed by atoms with Crippen LogP contribution < -0.4 is 4.74 Å². The molecule has 3 aromatic heterocycles. The number of carbonyl (C=O) groups is 1. The molecule has 0 bridgehead atoms. The average Bonchev–Trinajstić information content (AvgIpc) is 3.35. The summed E-state index contributed by atoms with van der Waals surface area (Å²) in [7, 11) is 1.96. The third-order valence-corrected chi connectivity index (χ3v) is 7.50. The van der Waals surface area contributed by atoms with Crippen LogP contribution in [0.5, 0.6) is 11.5 Å². The molecule has 1 aliphatic carbocycles. The summed E-state index contributed by atoms with van der Waals surface area (Å²) in [5.74, 6) is 0.859. The minimum atomic E-state index is -0.485. The number of pyridine rings is 1. The molecule has 1 N–H and O–H groups in total. The Labute approximate surface area is 213 Å². The second-order valence-corrected chi connectivity index (χ2v) is 10.4. The van der Waals surface area contributed by atoms with Gasteiger partial charge in [0, 0.05) is 54.8 Å². The zero-order chi connectivity index (χ0) is 25.1. The summed E-state index contributed by atoms with van der Waals surface area (Å²) < 4.78 is 23.5. The first-order valence-corrected chi connectivity index (χ1v) is 13.0. The molecule has 0 radical (unpaired) electrons. The van der Waals surface area contributed by atoms with Crippen molar-refractivity contribution in [2.45, 2.75) is 32.2 Å². The van der Waals surface area contributed by atoms with Gasteiger partial charge in [-0.2, -0.15) is 5.10 Å². The molecule has 36 heavy (non-hydrogen) atoms. The maximum atomic E-state index is 14.8. The van der Waals surface area contributed by atoms with E-state index in [1.165, 1.54) is 17.4 Å². The molecular formula is C27H29FN4O3S. The van der Waals surface area contributed by atoms with Gasteiger partial charge >= 0.3 is 0 Å². The summed E-state index contributed by atoms with van der Waals surface area (Å²) in [6, 6.07) is 8.46. The van der Waals surface area contributed by atoms with E-state index in [2.05, 4.69) is 10.1 Å². The van der Waals surface area contributed by atoms with E-state index in [0.717, 1.165) is 46.6 Å². The molecule has 3 heterocycles. The quantitative estimate of drug-likeness (QED) is 0.292. The van der Waals surface area contributed by atoms with Crippen molar-refractivity contribution in [2.24, 2.45) is 5.92 Å². The zero-order valence-corrected chi connectivity index (χ0v) is 21.0. The minimum Gasteiger partial charge on any atom is -0.453 e. The second-order valence-electron chi connectivity index (χ2n) is 9.38. The molecule has 5 rings (SSSR count). The number of aromatic nitrogens is 3. The van der Waals surface area contributed by atoms with Gasteiger partial charge in [-0.25, -0.2) is 4.39 Å². The number of aliphatic hydroxyl groups is 1. The summed E-state index contributed by atoms with van der Waals surface area (Å²) in [5.41, 5.74) is 2.41. The van der Waals surface area contributed by atoms with Gasteiger partial charge in [-0.15, -0.1) is 11.3 Å². The van der Waals surface area contributed by atoms with Crippen LogP contribution in [0.1, 0.15) is 24.8 Å². The van der Waals surface area contributed by atoms with Crippen molar-refractivity contribution in [3.63, 3.8) is 0 Å². The van der Waals surface area contributed by atoms with E-state index in [0.29, 0.717) is 30.2 Å². The molecule has 0 atom stereocenters. The number of hydrogen-bond acceptors (Lipinski definition) is 7. The molecule has 4 aromatic rings. The van der Waals surface area contributed by atoms with Crippen molar-refractivity contribution in [1.29, 1.82) is 0 Å². The molecular weight excluding hydrogens is 479 g/mol. The molecule has 1 aliphatic rings. The van der Waals surface area contributed by atoms with Crippen molar-refractivity contribution < 1.29 is 19.0 Å². The van der Waals surface area contributed by atoms with Gasteiger partial charge in [0.2, 0.25) is 0 Å². The molecule has 9 heteroatoms. The molecule has 1 aromatic carbocycles. The number of ether oxygens (including phenoxy) is 1. The Balaban J connectivity index is 1.29. The van der Waals surface area contributed by atoms with Crippen LogP contribution in [0.25, 0.3) is 20.7 Å². The lowest BCUT2D eigenvalue weighted by atomic mass is 10.0. The maximum absolute atomic E-state index is 14.8. The Hall–Kier alpha value is -3.14. The number of carbonyl (C=O) groups excluding carboxylic acids is 1. The van der Waals surface area contributed by atoms with Gasteiger partial charge in [-0.3, -0.25) is 14.5 Å². The van der Waals surface area contributed by atoms with E-state index in [9.17, 15) is 9.18 Å². The highest BCUT2D eigenvalue weighted by Crippen LogP contribution is 2.39. The molecule has 0 spiro atoms. The van der Waals surface area contributed by atoms with Gasteiger partial charge < -0.3 is 14.7 Å². The summed E-state index contributed by atoms with van der Waals surface area (Å²) in [6.07, 6.45) is 8.56. The summed E-state index contributed by atoms with van der Waals surface area (Å²) in [6.45, 7) is 2.26. The van der Waals surface area contributed by atoms with E-state index in [4.69, 9.17) is 9.84 Å². The van der Waals surface area contributed by atoms with Gasteiger partial charge in [-0.1, -0.05) is 6.07 Å². The Bertz CT molecular complexity index is 1360. The minimum absolute atomic E-state index is 0.121. The fourth-order valence-corrected chi connectivity index (χ4v) is 5.15. The van der Waals surface area contributed by atoms with Gasteiger partial charge in [0.1, 0.15) is 11.5 Å². The Morgan fingerprint density at radius 3 is 2.89 bits per heavy atom. The van der Waals surface area contributed by atoms with Gasteiger partial charge in [0.25, 0.3) is 0 Å². The van der Waals surface area contributed by atoms with Crippen molar-refractivity contribution in [3.05, 3.63) is 60.3 Å². The Morgan fingerprint density at radius 2 is 2.11 bits per heavy atom. The third kappa shape index (κ3) is 5.98. The lowest BCUT2D eigenvalue weighted by Gasteiger charge is -2.14. The van der Waals surface area contributed by atoms with Crippen LogP contribution in [0.4, 0.5) is 4.39 Å². The number of fused-ring (bicyclic) bond motifs is 1. The number of hydrogen-bond donors (Lipinski definition) is 1. The number of ketones is 1. The zero-order valence-electron chi connectivity index (χ0n) is 20.2. The highest BCUT2D eigenvalue weighted by molar-refractivity contribution is 7.22. The van der Waals surface area contributed by atoms with Crippen LogP contribution in [-0.2, 0) is 17.8 Å². The van der Waals surface area contributed by atoms with Gasteiger partial charge in [-0.05, 0) is 49.6 Å². The molecule has 7 nitrogen and oxygen atoms in total. The smallest absolute Gasteiger partial charge is 0.166 e. The average molecular weight is 509 g/mol. The van der Waals surface area contributed by atoms with E-state index in [-0.39, 0.29) is 24.6 Å². The van der Waals surface area contributed by atoms with E-state index in [1.54, 1.807) is 24.4 Å². The molecule has 0 unspecified atom stereocenters. The van der Waals surface area contributed by atoms with Crippen LogP contribution in [0.2, 0.25) is 0 Å². The van der Waals surface area contributed by atoms with Crippen molar-refractivity contribution in [3.8, 4) is 21.9 Å². The number of halogens is 1. The van der Waals surface area contributed by atoms with E-state index < -0.39 is 5.82 Å². The first kappa shape index (κ1) is 24.5. The molecule has 0 aliphatic heterocycles. The number of aliphatic hydroxyl groups excluding tert-OH is 1. The number of Topliss-reactive ketones (excluding diaryl/α,β-unsaturated/α-hetero) is 1. The monoisotopic (exact) mass is 508 g/mol. The number of benzene rings is 1. The normalized spacial score (nSPS) is 13.6. The first-order chi connectivity index (χ1) is 17.5. The lowest BCUT2D eigenvalue weighted by molar-refractivity contribution is -0.118. The highest BCUT2D eigenvalue weighted by Gasteiger charge is 2.24. The maximum Gasteiger partial charge on any atom is 0.166 e. The summed E-state index contributed by atoms with van der Waals surface area (Å²) in [4.78, 5) is 19.6. The number of nitrogens with zero attached hydrogens (tertiary/aromatic N) is 4. The topological polar surface area (TPSA) is 80.5 Å². The molecule has 0 amide bonds. The summed E-state index contributed by atoms with van der Waals surface area (Å²) in [5, 5.41) is 13.5. The SMILES string of the molecule is CN(CCO)CCn1cc(-c2cc3nccc(Oc4ccc(CC(=O)CC5CC5)cc4F)c3s2)cn1. The Morgan fingerprint density at radius 1 is 1.25 bits per heavy atom. The predicted octanol–water partition coefficient (Wildman–Crippen LogP) is 4.93. The largest absolute Gasteiger partial charge is 0.453 e. The predicted molar refractivity (Wildman–Crippen MR) is 138 cm³/mol. The number of rotatable bonds is 12.